The van der Waals surface area contributed by atoms with Crippen LogP contribution in [0.15, 0.2) is 42.5 Å². The maximum absolute atomic E-state index is 12.1. The lowest BCUT2D eigenvalue weighted by atomic mass is 10.2. The first-order valence-corrected chi connectivity index (χ1v) is 10.8. The van der Waals surface area contributed by atoms with Crippen LogP contribution in [-0.2, 0) is 0 Å². The van der Waals surface area contributed by atoms with E-state index in [2.05, 4.69) is 15.1 Å². The number of anilines is 1. The summed E-state index contributed by atoms with van der Waals surface area (Å²) in [4.78, 5) is 21.6. The number of amides is 1. The molecule has 1 fully saturated rings. The highest BCUT2D eigenvalue weighted by Gasteiger charge is 2.21. The molecule has 1 aromatic heterocycles. The number of thiazole rings is 1. The number of halogens is 1. The van der Waals surface area contributed by atoms with Crippen LogP contribution in [0, 0.1) is 0 Å². The number of nitrogens with one attached hydrogen (secondary N) is 1. The van der Waals surface area contributed by atoms with Gasteiger partial charge in [0, 0.05) is 44.8 Å². The predicted octanol–water partition coefficient (Wildman–Crippen LogP) is 3.51. The summed E-state index contributed by atoms with van der Waals surface area (Å²) in [5.41, 5.74) is 1.52. The number of nitrogens with zero attached hydrogens (tertiary/aromatic N) is 3. The molecule has 0 atom stereocenters. The predicted molar refractivity (Wildman–Crippen MR) is 119 cm³/mol. The molecule has 0 spiro atoms. The first-order valence-electron chi connectivity index (χ1n) is 9.59. The third-order valence-electron chi connectivity index (χ3n) is 5.05. The molecule has 2 heterocycles. The fourth-order valence-electron chi connectivity index (χ4n) is 3.44. The minimum Gasteiger partial charge on any atom is -0.493 e. The molecule has 3 aromatic rings. The SMILES string of the molecule is COc1c(Cl)ccc2sc(N3CCN(CCNC(=O)c4ccccc4)CC3)nc12. The van der Waals surface area contributed by atoms with Crippen molar-refractivity contribution in [2.24, 2.45) is 0 Å². The second-order valence-electron chi connectivity index (χ2n) is 6.87. The highest BCUT2D eigenvalue weighted by Crippen LogP contribution is 2.38. The summed E-state index contributed by atoms with van der Waals surface area (Å²) in [5, 5.41) is 4.57. The van der Waals surface area contributed by atoms with Gasteiger partial charge in [-0.15, -0.1) is 0 Å². The minimum absolute atomic E-state index is 0.0219. The van der Waals surface area contributed by atoms with Gasteiger partial charge < -0.3 is 15.0 Å². The van der Waals surface area contributed by atoms with Gasteiger partial charge in [-0.1, -0.05) is 41.1 Å². The summed E-state index contributed by atoms with van der Waals surface area (Å²) in [6.07, 6.45) is 0. The molecule has 0 bridgehead atoms. The quantitative estimate of drug-likeness (QED) is 0.648. The third kappa shape index (κ3) is 4.47. The molecular weight excluding hydrogens is 408 g/mol. The average Bonchev–Trinajstić information content (AvgIpc) is 3.19. The van der Waals surface area contributed by atoms with E-state index in [4.69, 9.17) is 21.3 Å². The van der Waals surface area contributed by atoms with Crippen LogP contribution in [0.4, 0.5) is 5.13 Å². The van der Waals surface area contributed by atoms with E-state index in [9.17, 15) is 4.79 Å². The Hall–Kier alpha value is -2.35. The number of benzene rings is 2. The van der Waals surface area contributed by atoms with Crippen molar-refractivity contribution in [2.45, 2.75) is 0 Å². The molecule has 0 unspecified atom stereocenters. The number of carbonyl (C=O) groups is 1. The van der Waals surface area contributed by atoms with Crippen LogP contribution >= 0.6 is 22.9 Å². The van der Waals surface area contributed by atoms with Gasteiger partial charge in [0.15, 0.2) is 10.9 Å². The van der Waals surface area contributed by atoms with E-state index < -0.39 is 0 Å². The molecule has 0 saturated carbocycles. The van der Waals surface area contributed by atoms with Gasteiger partial charge in [-0.3, -0.25) is 9.69 Å². The van der Waals surface area contributed by atoms with Crippen LogP contribution in [0.5, 0.6) is 5.75 Å². The number of rotatable bonds is 6. The van der Waals surface area contributed by atoms with E-state index in [1.54, 1.807) is 18.4 Å². The number of piperazine rings is 1. The van der Waals surface area contributed by atoms with Crippen molar-refractivity contribution in [1.29, 1.82) is 0 Å². The molecule has 2 aromatic carbocycles. The molecule has 0 aliphatic carbocycles. The summed E-state index contributed by atoms with van der Waals surface area (Å²) in [6, 6.07) is 13.2. The van der Waals surface area contributed by atoms with Gasteiger partial charge >= 0.3 is 0 Å². The Morgan fingerprint density at radius 1 is 1.17 bits per heavy atom. The normalized spacial score (nSPS) is 14.9. The summed E-state index contributed by atoms with van der Waals surface area (Å²) in [5.74, 6) is 0.616. The number of fused-ring (bicyclic) bond motifs is 1. The molecule has 4 rings (SSSR count). The Morgan fingerprint density at radius 3 is 2.66 bits per heavy atom. The van der Waals surface area contributed by atoms with Gasteiger partial charge in [-0.2, -0.15) is 0 Å². The zero-order valence-electron chi connectivity index (χ0n) is 16.2. The summed E-state index contributed by atoms with van der Waals surface area (Å²) < 4.78 is 6.50. The monoisotopic (exact) mass is 430 g/mol. The second kappa shape index (κ2) is 8.98. The lowest BCUT2D eigenvalue weighted by molar-refractivity contribution is 0.0948. The molecule has 1 N–H and O–H groups in total. The van der Waals surface area contributed by atoms with Crippen molar-refractivity contribution in [3.8, 4) is 5.75 Å². The van der Waals surface area contributed by atoms with Gasteiger partial charge in [0.1, 0.15) is 5.52 Å². The first-order chi connectivity index (χ1) is 14.2. The van der Waals surface area contributed by atoms with Crippen molar-refractivity contribution < 1.29 is 9.53 Å². The molecule has 0 radical (unpaired) electrons. The van der Waals surface area contributed by atoms with E-state index in [0.29, 0.717) is 22.9 Å². The standard InChI is InChI=1S/C21H23ClN4O2S/c1-28-19-16(22)7-8-17-18(19)24-21(29-17)26-13-11-25(12-14-26)10-9-23-20(27)15-5-3-2-4-6-15/h2-8H,9-14H2,1H3,(H,23,27). The van der Waals surface area contributed by atoms with Crippen LogP contribution in [-0.4, -0.2) is 62.2 Å². The molecule has 152 valence electrons. The second-order valence-corrected chi connectivity index (χ2v) is 8.29. The average molecular weight is 431 g/mol. The maximum atomic E-state index is 12.1. The van der Waals surface area contributed by atoms with Crippen LogP contribution in [0.2, 0.25) is 5.02 Å². The third-order valence-corrected chi connectivity index (χ3v) is 6.43. The molecule has 1 aliphatic rings. The lowest BCUT2D eigenvalue weighted by Crippen LogP contribution is -2.48. The van der Waals surface area contributed by atoms with Crippen LogP contribution in [0.25, 0.3) is 10.2 Å². The fourth-order valence-corrected chi connectivity index (χ4v) is 4.69. The van der Waals surface area contributed by atoms with Gasteiger partial charge in [-0.05, 0) is 24.3 Å². The molecule has 8 heteroatoms. The Balaban J connectivity index is 1.29. The molecule has 6 nitrogen and oxygen atoms in total. The number of aromatic nitrogens is 1. The lowest BCUT2D eigenvalue weighted by Gasteiger charge is -2.34. The van der Waals surface area contributed by atoms with E-state index >= 15 is 0 Å². The van der Waals surface area contributed by atoms with E-state index in [0.717, 1.165) is 48.1 Å². The maximum Gasteiger partial charge on any atom is 0.251 e. The number of methoxy groups -OCH3 is 1. The zero-order chi connectivity index (χ0) is 20.2. The number of hydrogen-bond acceptors (Lipinski definition) is 6. The highest BCUT2D eigenvalue weighted by atomic mass is 35.5. The van der Waals surface area contributed by atoms with Crippen molar-refractivity contribution in [3.63, 3.8) is 0 Å². The molecule has 1 amide bonds. The van der Waals surface area contributed by atoms with Gasteiger partial charge in [-0.25, -0.2) is 4.98 Å². The summed E-state index contributed by atoms with van der Waals surface area (Å²) in [7, 11) is 1.62. The summed E-state index contributed by atoms with van der Waals surface area (Å²) in [6.45, 7) is 5.18. The van der Waals surface area contributed by atoms with Crippen LogP contribution in [0.1, 0.15) is 10.4 Å². The topological polar surface area (TPSA) is 57.7 Å². The van der Waals surface area contributed by atoms with Crippen molar-refractivity contribution in [1.82, 2.24) is 15.2 Å². The molecular formula is C21H23ClN4O2S. The smallest absolute Gasteiger partial charge is 0.251 e. The van der Waals surface area contributed by atoms with E-state index in [1.165, 1.54) is 0 Å². The molecule has 1 aliphatic heterocycles. The summed E-state index contributed by atoms with van der Waals surface area (Å²) >= 11 is 7.88. The molecule has 1 saturated heterocycles. The fraction of sp³-hybridized carbons (Fsp3) is 0.333. The van der Waals surface area contributed by atoms with Crippen LogP contribution in [0.3, 0.4) is 0 Å². The van der Waals surface area contributed by atoms with Crippen LogP contribution < -0.4 is 15.0 Å². The van der Waals surface area contributed by atoms with Gasteiger partial charge in [0.2, 0.25) is 0 Å². The number of ether oxygens (including phenoxy) is 1. The Kier molecular flexibility index (Phi) is 6.18. The highest BCUT2D eigenvalue weighted by molar-refractivity contribution is 7.22. The Morgan fingerprint density at radius 2 is 1.93 bits per heavy atom. The van der Waals surface area contributed by atoms with Crippen molar-refractivity contribution in [2.75, 3.05) is 51.3 Å². The van der Waals surface area contributed by atoms with E-state index in [-0.39, 0.29) is 5.91 Å². The minimum atomic E-state index is -0.0219. The first kappa shape index (κ1) is 19.9. The Labute approximate surface area is 179 Å². The van der Waals surface area contributed by atoms with Gasteiger partial charge in [0.05, 0.1) is 16.8 Å². The number of hydrogen-bond donors (Lipinski definition) is 1. The molecule has 29 heavy (non-hydrogen) atoms. The largest absolute Gasteiger partial charge is 0.493 e. The Bertz CT molecular complexity index is 987. The van der Waals surface area contributed by atoms with Crippen molar-refractivity contribution in [3.05, 3.63) is 53.1 Å². The van der Waals surface area contributed by atoms with Gasteiger partial charge in [0.25, 0.3) is 5.91 Å². The number of carbonyl (C=O) groups excluding carboxylic acids is 1. The van der Waals surface area contributed by atoms with E-state index in [1.807, 2.05) is 42.5 Å². The zero-order valence-corrected chi connectivity index (χ0v) is 17.8. The van der Waals surface area contributed by atoms with Crippen molar-refractivity contribution >= 4 is 44.2 Å².